The highest BCUT2D eigenvalue weighted by Crippen LogP contribution is 2.30. The normalized spacial score (nSPS) is 9.51. The molecule has 0 N–H and O–H groups in total. The molecular formula is C29H72N4O3P4S2Si3. The minimum absolute atomic E-state index is 0. The van der Waals surface area contributed by atoms with Crippen molar-refractivity contribution in [3.8, 4) is 24.3 Å². The smallest absolute Gasteiger partial charge is 0.327 e. The summed E-state index contributed by atoms with van der Waals surface area (Å²) in [7, 11) is 3.15. The van der Waals surface area contributed by atoms with Crippen LogP contribution in [0.25, 0.3) is 0 Å². The van der Waals surface area contributed by atoms with Crippen molar-refractivity contribution in [2.45, 2.75) is 146 Å². The highest BCUT2D eigenvalue weighted by molar-refractivity contribution is 8.30. The molecule has 0 saturated carbocycles. The lowest BCUT2D eigenvalue weighted by Crippen LogP contribution is -2.50. The molecule has 2 unspecified atom stereocenters. The van der Waals surface area contributed by atoms with E-state index in [1.807, 2.05) is 0 Å². The molecule has 0 radical (unpaired) electrons. The average Bonchev–Trinajstić information content (AvgIpc) is 2.90. The van der Waals surface area contributed by atoms with Crippen LogP contribution in [0.3, 0.4) is 0 Å². The fourth-order valence-electron chi connectivity index (χ4n) is 3.19. The molecule has 7 nitrogen and oxygen atoms in total. The third-order valence-corrected chi connectivity index (χ3v) is 18.6. The van der Waals surface area contributed by atoms with Gasteiger partial charge in [-0.15, -0.1) is 0 Å². The van der Waals surface area contributed by atoms with E-state index in [4.69, 9.17) is 34.0 Å². The molecular weight excluding hydrogens is 725 g/mol. The first-order valence-electron chi connectivity index (χ1n) is 12.7. The molecule has 0 rings (SSSR count). The fraction of sp³-hybridized carbons (Fsp3) is 0.862. The lowest BCUT2D eigenvalue weighted by molar-refractivity contribution is 0.289. The summed E-state index contributed by atoms with van der Waals surface area (Å²) in [5, 5.41) is 34.4. The maximum Gasteiger partial charge on any atom is 0.327 e. The molecule has 0 aliphatic heterocycles. The molecule has 0 aromatic heterocycles. The van der Waals surface area contributed by atoms with Crippen molar-refractivity contribution in [1.29, 1.82) is 21.0 Å². The number of hydrogen-bond donors (Lipinski definition) is 0. The third-order valence-electron chi connectivity index (χ3n) is 5.31. The van der Waals surface area contributed by atoms with Gasteiger partial charge in [0.2, 0.25) is 0 Å². The molecule has 270 valence electrons. The van der Waals surface area contributed by atoms with Crippen molar-refractivity contribution in [1.82, 2.24) is 0 Å². The largest absolute Gasteiger partial charge is 0.436 e. The third kappa shape index (κ3) is 57.1. The molecule has 0 amide bonds. The van der Waals surface area contributed by atoms with E-state index >= 15 is 0 Å². The van der Waals surface area contributed by atoms with Gasteiger partial charge in [-0.2, -0.15) is 21.0 Å². The van der Waals surface area contributed by atoms with E-state index < -0.39 is 25.2 Å². The van der Waals surface area contributed by atoms with Gasteiger partial charge in [-0.3, -0.25) is 0 Å². The monoisotopic (exact) mass is 796 g/mol. The zero-order valence-corrected chi connectivity index (χ0v) is 33.4. The average molecular weight is 797 g/mol. The van der Waals surface area contributed by atoms with Gasteiger partial charge in [0.05, 0.1) is 24.3 Å². The highest BCUT2D eigenvalue weighted by Gasteiger charge is 2.41. The van der Waals surface area contributed by atoms with E-state index in [1.54, 1.807) is 14.2 Å². The SMILES string of the molecule is C.C.C.C.C.C.CO[Si](C)(C)CCCC#N.CO[Si](CCCC#N)(CCCC#N)O[Si](C)(C)CCCC#N.CPP=S.PP=S. The molecule has 0 aliphatic carbocycles. The molecule has 0 heterocycles. The zero-order valence-electron chi connectivity index (χ0n) is 24.8. The van der Waals surface area contributed by atoms with Crippen LogP contribution in [0.5, 0.6) is 0 Å². The van der Waals surface area contributed by atoms with Crippen LogP contribution in [-0.4, -0.2) is 46.1 Å². The van der Waals surface area contributed by atoms with Crippen molar-refractivity contribution in [3.63, 3.8) is 0 Å². The lowest BCUT2D eigenvalue weighted by Gasteiger charge is -2.37. The van der Waals surface area contributed by atoms with E-state index in [9.17, 15) is 0 Å². The summed E-state index contributed by atoms with van der Waals surface area (Å²) in [6.07, 6.45) is 5.66. The molecule has 0 aromatic carbocycles. The molecule has 0 saturated heterocycles. The first-order valence-corrected chi connectivity index (χ1v) is 28.9. The van der Waals surface area contributed by atoms with Crippen molar-refractivity contribution in [2.75, 3.05) is 20.9 Å². The highest BCUT2D eigenvalue weighted by atomic mass is 32.6. The lowest BCUT2D eigenvalue weighted by atomic mass is 10.4. The van der Waals surface area contributed by atoms with Gasteiger partial charge in [0.15, 0.2) is 16.6 Å². The molecule has 45 heavy (non-hydrogen) atoms. The van der Waals surface area contributed by atoms with Gasteiger partial charge in [0, 0.05) is 39.9 Å². The topological polar surface area (TPSA) is 123 Å². The summed E-state index contributed by atoms with van der Waals surface area (Å²) in [5.41, 5.74) is 0. The van der Waals surface area contributed by atoms with Crippen LogP contribution in [0.2, 0.25) is 50.4 Å². The van der Waals surface area contributed by atoms with Gasteiger partial charge in [0.25, 0.3) is 0 Å². The van der Waals surface area contributed by atoms with Gasteiger partial charge in [-0.25, -0.2) is 0 Å². The second-order valence-corrected chi connectivity index (χ2v) is 28.8. The first kappa shape index (κ1) is 71.4. The molecule has 0 aromatic rings. The molecule has 0 aliphatic rings. The predicted octanol–water partition coefficient (Wildman–Crippen LogP) is 13.0. The van der Waals surface area contributed by atoms with Crippen LogP contribution in [0.4, 0.5) is 0 Å². The van der Waals surface area contributed by atoms with Crippen LogP contribution in [0.15, 0.2) is 0 Å². The van der Waals surface area contributed by atoms with E-state index in [1.165, 1.54) is 0 Å². The second-order valence-electron chi connectivity index (χ2n) is 9.41. The van der Waals surface area contributed by atoms with Crippen LogP contribution in [-0.2, 0) is 36.6 Å². The maximum atomic E-state index is 8.74. The van der Waals surface area contributed by atoms with Crippen LogP contribution >= 0.6 is 31.3 Å². The van der Waals surface area contributed by atoms with E-state index in [2.05, 4.69) is 89.7 Å². The van der Waals surface area contributed by atoms with Crippen LogP contribution in [0, 0.1) is 45.3 Å². The van der Waals surface area contributed by atoms with E-state index in [0.29, 0.717) is 25.7 Å². The van der Waals surface area contributed by atoms with Crippen molar-refractivity contribution in [3.05, 3.63) is 0 Å². The standard InChI is InChI=1S/C15H27N3O2Si2.C7H15NOSi.CH4P2S.6CH4.H2P2S/c1-19-22(14-8-5-11-17,15-9-6-12-18)20-21(2,3)13-7-4-10-16;1-9-10(2,3)7-5-4-6-8;1-2-3-4;;;;;;;1-2-3/h4-9,13-15H2,1-3H3;4-5,7H2,1-3H3;2H,1H3;6*1H4;1H2. The van der Waals surface area contributed by atoms with Gasteiger partial charge in [0.1, 0.15) is 0 Å². The number of rotatable bonds is 17. The van der Waals surface area contributed by atoms with Crippen LogP contribution in [0.1, 0.15) is 95.9 Å². The molecule has 0 spiro atoms. The van der Waals surface area contributed by atoms with Crippen LogP contribution < -0.4 is 0 Å². The van der Waals surface area contributed by atoms with Crippen molar-refractivity contribution < 1.29 is 13.0 Å². The summed E-state index contributed by atoms with van der Waals surface area (Å²) in [5.74, 6) is 0. The van der Waals surface area contributed by atoms with Gasteiger partial charge < -0.3 is 13.0 Å². The quantitative estimate of drug-likeness (QED) is 0.0804. The Hall–Kier alpha value is 0.391. The maximum absolute atomic E-state index is 8.74. The summed E-state index contributed by atoms with van der Waals surface area (Å²) in [6.45, 7) is 10.8. The second kappa shape index (κ2) is 51.2. The Morgan fingerprint density at radius 1 is 0.622 bits per heavy atom. The Kier molecular flexibility index (Phi) is 81.3. The summed E-state index contributed by atoms with van der Waals surface area (Å²) in [4.78, 5) is 0. The molecule has 16 heteroatoms. The Labute approximate surface area is 303 Å². The Morgan fingerprint density at radius 2 is 0.889 bits per heavy atom. The fourth-order valence-corrected chi connectivity index (χ4v) is 13.1. The van der Waals surface area contributed by atoms with Gasteiger partial charge >= 0.3 is 8.56 Å². The first-order chi connectivity index (χ1) is 18.4. The summed E-state index contributed by atoms with van der Waals surface area (Å²) in [6, 6.07) is 12.3. The van der Waals surface area contributed by atoms with Gasteiger partial charge in [-0.1, -0.05) is 85.4 Å². The van der Waals surface area contributed by atoms with E-state index in [0.717, 1.165) is 72.2 Å². The summed E-state index contributed by atoms with van der Waals surface area (Å²) < 4.78 is 17.7. The Morgan fingerprint density at radius 3 is 1.11 bits per heavy atom. The number of nitriles is 4. The van der Waals surface area contributed by atoms with Gasteiger partial charge in [-0.05, 0) is 96.8 Å². The molecule has 0 fully saturated rings. The zero-order chi connectivity index (χ0) is 31.1. The Bertz CT molecular complexity index is 775. The number of hydrogen-bond acceptors (Lipinski definition) is 9. The number of nitrogens with zero attached hydrogens (tertiary/aromatic N) is 4. The Balaban J connectivity index is -0.0000000565. The van der Waals surface area contributed by atoms with Crippen molar-refractivity contribution >= 4 is 80.1 Å². The predicted molar refractivity (Wildman–Crippen MR) is 227 cm³/mol. The minimum atomic E-state index is -2.36. The van der Waals surface area contributed by atoms with Crippen molar-refractivity contribution in [2.24, 2.45) is 0 Å². The molecule has 0 bridgehead atoms. The number of unbranched alkanes of at least 4 members (excludes halogenated alkanes) is 4. The van der Waals surface area contributed by atoms with E-state index in [-0.39, 0.29) is 44.6 Å². The minimum Gasteiger partial charge on any atom is -0.436 e. The summed E-state index contributed by atoms with van der Waals surface area (Å²) >= 11 is 8.87. The molecule has 2 atom stereocenters.